The van der Waals surface area contributed by atoms with Gasteiger partial charge in [-0.2, -0.15) is 12.1 Å². The third-order valence-electron chi connectivity index (χ3n) is 7.07. The molecule has 216 valence electrons. The van der Waals surface area contributed by atoms with E-state index < -0.39 is 0 Å². The Hall–Kier alpha value is -2.22. The van der Waals surface area contributed by atoms with E-state index in [1.165, 1.54) is 66.1 Å². The molecular formula is C38H40Cl2SiZr-2. The van der Waals surface area contributed by atoms with Crippen LogP contribution >= 0.6 is 0 Å². The van der Waals surface area contributed by atoms with Crippen molar-refractivity contribution >= 4 is 27.0 Å². The quantitative estimate of drug-likeness (QED) is 0.176. The normalized spacial score (nSPS) is 10.2. The molecule has 0 nitrogen and oxygen atoms in total. The summed E-state index contributed by atoms with van der Waals surface area (Å²) >= 11 is 1.74. The predicted molar refractivity (Wildman–Crippen MR) is 176 cm³/mol. The topological polar surface area (TPSA) is 0 Å². The van der Waals surface area contributed by atoms with Gasteiger partial charge in [0.1, 0.15) is 0 Å². The average Bonchev–Trinajstić information content (AvgIpc) is 3.52. The zero-order valence-corrected chi connectivity index (χ0v) is 30.7. The molecule has 42 heavy (non-hydrogen) atoms. The Morgan fingerprint density at radius 3 is 1.86 bits per heavy atom. The number of hydrogen-bond donors (Lipinski definition) is 0. The maximum atomic E-state index is 2.34. The molecule has 0 amide bonds. The maximum Gasteiger partial charge on any atom is -0.0249 e. The minimum Gasteiger partial charge on any atom is -1.00 e. The third-order valence-corrected chi connectivity index (χ3v) is 7.07. The van der Waals surface area contributed by atoms with Crippen LogP contribution in [-0.2, 0) is 23.3 Å². The summed E-state index contributed by atoms with van der Waals surface area (Å²) in [5.74, 6) is 0.584. The van der Waals surface area contributed by atoms with E-state index in [0.29, 0.717) is 5.92 Å². The second-order valence-electron chi connectivity index (χ2n) is 11.3. The van der Waals surface area contributed by atoms with Crippen molar-refractivity contribution in [2.24, 2.45) is 0 Å². The van der Waals surface area contributed by atoms with E-state index in [4.69, 9.17) is 0 Å². The molecule has 0 saturated carbocycles. The zero-order valence-electron chi connectivity index (χ0n) is 25.7. The van der Waals surface area contributed by atoms with Crippen molar-refractivity contribution in [3.8, 4) is 22.3 Å². The monoisotopic (exact) mass is 684 g/mol. The summed E-state index contributed by atoms with van der Waals surface area (Å²) in [6.45, 7) is 15.6. The van der Waals surface area contributed by atoms with Crippen molar-refractivity contribution in [3.63, 3.8) is 0 Å². The van der Waals surface area contributed by atoms with Gasteiger partial charge in [0.25, 0.3) is 0 Å². The Balaban J connectivity index is 0.000000250. The van der Waals surface area contributed by atoms with E-state index in [9.17, 15) is 0 Å². The van der Waals surface area contributed by atoms with Gasteiger partial charge in [-0.25, -0.2) is 0 Å². The molecule has 0 fully saturated rings. The van der Waals surface area contributed by atoms with Crippen LogP contribution in [0.25, 0.3) is 43.8 Å². The van der Waals surface area contributed by atoms with Gasteiger partial charge in [-0.1, -0.05) is 104 Å². The van der Waals surface area contributed by atoms with Gasteiger partial charge in [-0.15, -0.1) is 63.0 Å². The van der Waals surface area contributed by atoms with Crippen LogP contribution in [0, 0.1) is 20.8 Å². The first-order valence-corrected chi connectivity index (χ1v) is 20.3. The molecule has 0 atom stereocenters. The summed E-state index contributed by atoms with van der Waals surface area (Å²) in [6.07, 6.45) is 0. The number of halogens is 2. The van der Waals surface area contributed by atoms with E-state index >= 15 is 0 Å². The van der Waals surface area contributed by atoms with Gasteiger partial charge in [0.05, 0.1) is 0 Å². The molecular weight excluding hydrogens is 647 g/mol. The molecule has 0 saturated heterocycles. The molecule has 0 bridgehead atoms. The first-order valence-electron chi connectivity index (χ1n) is 14.1. The van der Waals surface area contributed by atoms with Crippen LogP contribution in [0.15, 0.2) is 109 Å². The van der Waals surface area contributed by atoms with Crippen LogP contribution < -0.4 is 24.8 Å². The first kappa shape index (κ1) is 36.0. The number of fused-ring (bicyclic) bond motifs is 2. The molecule has 6 rings (SSSR count). The Morgan fingerprint density at radius 2 is 1.21 bits per heavy atom. The molecule has 0 aliphatic carbocycles. The third kappa shape index (κ3) is 9.14. The van der Waals surface area contributed by atoms with Crippen molar-refractivity contribution in [2.75, 3.05) is 0 Å². The fourth-order valence-corrected chi connectivity index (χ4v) is 5.18. The van der Waals surface area contributed by atoms with E-state index in [1.807, 2.05) is 0 Å². The summed E-state index contributed by atoms with van der Waals surface area (Å²) < 4.78 is 0. The maximum absolute atomic E-state index is 2.34. The summed E-state index contributed by atoms with van der Waals surface area (Å²) in [5.41, 5.74) is 11.0. The van der Waals surface area contributed by atoms with Gasteiger partial charge in [0.2, 0.25) is 0 Å². The van der Waals surface area contributed by atoms with Crippen LogP contribution in [0.3, 0.4) is 0 Å². The summed E-state index contributed by atoms with van der Waals surface area (Å²) in [6, 6.07) is 39.6. The number of rotatable bonds is 3. The van der Waals surface area contributed by atoms with Crippen LogP contribution in [0.5, 0.6) is 0 Å². The standard InChI is InChI=1S/2C18H17.C2H6Si.2ClH.Zr/c1-12-8-15-9-13(2)11-18(17(15)10-12)16-7-5-4-6-14(16)3;1-13(2)16-11-15-9-6-10-17(18(15)12-16)14-7-4-3-5-8-14;1-3-2;;;/h4-11H,1-3H3;3-13H,1-2H3;1-2H3;2*1H;/q2*-1;;;;+2/p-2. The van der Waals surface area contributed by atoms with Gasteiger partial charge in [-0.05, 0) is 36.5 Å². The average molecular weight is 687 g/mol. The van der Waals surface area contributed by atoms with Crippen molar-refractivity contribution in [2.45, 2.75) is 53.6 Å². The minimum atomic E-state index is 0. The van der Waals surface area contributed by atoms with Crippen molar-refractivity contribution in [1.82, 2.24) is 0 Å². The van der Waals surface area contributed by atoms with Gasteiger partial charge in [0, 0.05) is 0 Å². The van der Waals surface area contributed by atoms with E-state index in [1.54, 1.807) is 23.3 Å². The fourth-order valence-electron chi connectivity index (χ4n) is 5.18. The summed E-state index contributed by atoms with van der Waals surface area (Å²) in [4.78, 5) is 0. The summed E-state index contributed by atoms with van der Waals surface area (Å²) in [5, 5.41) is 5.44. The molecule has 0 heterocycles. The van der Waals surface area contributed by atoms with E-state index in [2.05, 4.69) is 157 Å². The van der Waals surface area contributed by atoms with Crippen LogP contribution in [0.2, 0.25) is 13.1 Å². The second kappa shape index (κ2) is 16.6. The molecule has 0 aromatic heterocycles. The molecule has 0 aliphatic rings. The zero-order chi connectivity index (χ0) is 28.8. The van der Waals surface area contributed by atoms with Crippen LogP contribution in [0.4, 0.5) is 0 Å². The smallest absolute Gasteiger partial charge is 0.0249 e. The molecule has 0 radical (unpaired) electrons. The Morgan fingerprint density at radius 1 is 0.619 bits per heavy atom. The first-order chi connectivity index (χ1) is 19.1. The molecule has 0 aliphatic heterocycles. The second-order valence-corrected chi connectivity index (χ2v) is 20.7. The molecule has 0 spiro atoms. The van der Waals surface area contributed by atoms with E-state index in [0.717, 1.165) is 0 Å². The molecule has 6 aromatic rings. The minimum absolute atomic E-state index is 0. The molecule has 0 unspecified atom stereocenters. The Bertz CT molecular complexity index is 1740. The number of hydrogen-bond acceptors (Lipinski definition) is 0. The largest absolute Gasteiger partial charge is 1.00 e. The number of benzene rings is 4. The molecule has 6 aromatic carbocycles. The molecule has 0 N–H and O–H groups in total. The summed E-state index contributed by atoms with van der Waals surface area (Å²) in [7, 11) is 0. The molecule has 4 heteroatoms. The van der Waals surface area contributed by atoms with Crippen LogP contribution in [0.1, 0.15) is 42.0 Å². The fraction of sp³-hybridized carbons (Fsp3) is 0.211. The van der Waals surface area contributed by atoms with Crippen LogP contribution in [-0.4, -0.2) is 5.43 Å². The SMILES string of the molecule is CC(C)c1cc2c(-c3ccccc3)cccc2[cH-]1.C[Si](C)=[Zr+2].Cc1cc(-c2ccccc2C)c2cc(C)[cH-]c2c1.[Cl-].[Cl-]. The van der Waals surface area contributed by atoms with Gasteiger partial charge in [-0.3, -0.25) is 0 Å². The van der Waals surface area contributed by atoms with Gasteiger partial charge < -0.3 is 24.8 Å². The van der Waals surface area contributed by atoms with Crippen molar-refractivity contribution in [3.05, 3.63) is 131 Å². The van der Waals surface area contributed by atoms with Crippen molar-refractivity contribution < 1.29 is 48.1 Å². The van der Waals surface area contributed by atoms with E-state index in [-0.39, 0.29) is 30.2 Å². The van der Waals surface area contributed by atoms with Gasteiger partial charge >= 0.3 is 41.9 Å². The van der Waals surface area contributed by atoms with Crippen molar-refractivity contribution in [1.29, 1.82) is 0 Å². The Kier molecular flexibility index (Phi) is 14.2. The Labute approximate surface area is 280 Å². The predicted octanol–water partition coefficient (Wildman–Crippen LogP) is 5.29. The number of aryl methyl sites for hydroxylation is 3. The van der Waals surface area contributed by atoms with Gasteiger partial charge in [0.15, 0.2) is 0 Å².